The second-order valence-electron chi connectivity index (χ2n) is 3.74. The quantitative estimate of drug-likeness (QED) is 0.639. The molecule has 0 aliphatic heterocycles. The highest BCUT2D eigenvalue weighted by molar-refractivity contribution is 5.42. The van der Waals surface area contributed by atoms with E-state index in [-0.39, 0.29) is 5.41 Å². The molecule has 0 N–H and O–H groups in total. The van der Waals surface area contributed by atoms with Gasteiger partial charge in [0.25, 0.3) is 0 Å². The van der Waals surface area contributed by atoms with Gasteiger partial charge in [0.2, 0.25) is 0 Å². The Morgan fingerprint density at radius 2 is 1.67 bits per heavy atom. The number of aromatic nitrogens is 2. The summed E-state index contributed by atoms with van der Waals surface area (Å²) in [5, 5.41) is 3.97. The highest BCUT2D eigenvalue weighted by Gasteiger charge is 2.15. The second-order valence-corrected chi connectivity index (χ2v) is 3.74. The van der Waals surface area contributed by atoms with Gasteiger partial charge in [-0.3, -0.25) is 0 Å². The van der Waals surface area contributed by atoms with Crippen molar-refractivity contribution >= 4 is 5.69 Å². The van der Waals surface area contributed by atoms with E-state index in [1.54, 1.807) is 19.4 Å². The molecular weight excluding hydrogens is 150 g/mol. The van der Waals surface area contributed by atoms with E-state index in [1.807, 2.05) is 0 Å². The molecule has 0 amide bonds. The topological polar surface area (TPSA) is 39.9 Å². The molecule has 0 radical (unpaired) electrons. The Morgan fingerprint density at radius 3 is 2.00 bits per heavy atom. The van der Waals surface area contributed by atoms with Crippen molar-refractivity contribution in [2.24, 2.45) is 0 Å². The van der Waals surface area contributed by atoms with E-state index < -0.39 is 0 Å². The zero-order chi connectivity index (χ0) is 9.19. The number of rotatable bonds is 1. The number of nitrogens with zero attached hydrogens (tertiary/aromatic N) is 3. The molecule has 3 heteroatoms. The maximum absolute atomic E-state index is 4.22. The summed E-state index contributed by atoms with van der Waals surface area (Å²) < 4.78 is 0. The summed E-state index contributed by atoms with van der Waals surface area (Å²) in [7, 11) is 1.73. The average molecular weight is 164 g/mol. The van der Waals surface area contributed by atoms with Crippen LogP contribution < -0.4 is 0 Å². The largest absolute Gasteiger partial charge is 0.684 e. The van der Waals surface area contributed by atoms with E-state index >= 15 is 0 Å². The Kier molecular flexibility index (Phi) is 2.31. The fourth-order valence-corrected chi connectivity index (χ4v) is 0.824. The van der Waals surface area contributed by atoms with Crippen molar-refractivity contribution in [1.82, 2.24) is 9.97 Å². The standard InChI is InChI=1S/C9H14N3/c1-9(2,3)8-11-5-7(10-4)6-12-8/h5-6H,1-4H3/q-1. The van der Waals surface area contributed by atoms with Gasteiger partial charge in [0.1, 0.15) is 5.82 Å². The molecule has 1 rings (SSSR count). The molecule has 12 heavy (non-hydrogen) atoms. The lowest BCUT2D eigenvalue weighted by Crippen LogP contribution is -2.15. The first-order valence-corrected chi connectivity index (χ1v) is 3.96. The molecule has 0 atom stereocenters. The third-order valence-corrected chi connectivity index (χ3v) is 1.57. The van der Waals surface area contributed by atoms with Crippen molar-refractivity contribution < 1.29 is 0 Å². The second kappa shape index (κ2) is 3.09. The zero-order valence-corrected chi connectivity index (χ0v) is 8.00. The first kappa shape index (κ1) is 8.97. The Labute approximate surface area is 73.2 Å². The van der Waals surface area contributed by atoms with Crippen molar-refractivity contribution in [3.8, 4) is 0 Å². The van der Waals surface area contributed by atoms with Gasteiger partial charge in [0, 0.05) is 17.8 Å². The SMILES string of the molecule is C[N-]c1cnc(C(C)(C)C)nc1. The Bertz CT molecular complexity index is 245. The molecule has 0 aliphatic rings. The van der Waals surface area contributed by atoms with Crippen LogP contribution in [0.1, 0.15) is 26.6 Å². The van der Waals surface area contributed by atoms with Crippen LogP contribution in [0.15, 0.2) is 12.4 Å². The first-order valence-electron chi connectivity index (χ1n) is 3.96. The maximum atomic E-state index is 4.22. The van der Waals surface area contributed by atoms with E-state index in [0.29, 0.717) is 0 Å². The summed E-state index contributed by atoms with van der Waals surface area (Å²) >= 11 is 0. The summed E-state index contributed by atoms with van der Waals surface area (Å²) in [4.78, 5) is 8.43. The van der Waals surface area contributed by atoms with Crippen LogP contribution in [-0.2, 0) is 5.41 Å². The van der Waals surface area contributed by atoms with Gasteiger partial charge in [0.05, 0.1) is 0 Å². The summed E-state index contributed by atoms with van der Waals surface area (Å²) in [5.41, 5.74) is 0.842. The summed E-state index contributed by atoms with van der Waals surface area (Å²) in [6, 6.07) is 0. The minimum atomic E-state index is 0.0201. The number of hydrogen-bond donors (Lipinski definition) is 0. The fourth-order valence-electron chi connectivity index (χ4n) is 0.824. The van der Waals surface area contributed by atoms with Crippen LogP contribution in [0.3, 0.4) is 0 Å². The van der Waals surface area contributed by atoms with Crippen LogP contribution >= 0.6 is 0 Å². The third-order valence-electron chi connectivity index (χ3n) is 1.57. The predicted molar refractivity (Wildman–Crippen MR) is 49.7 cm³/mol. The Morgan fingerprint density at radius 1 is 1.17 bits per heavy atom. The predicted octanol–water partition coefficient (Wildman–Crippen LogP) is 2.41. The van der Waals surface area contributed by atoms with Crippen LogP contribution in [0.25, 0.3) is 5.32 Å². The minimum Gasteiger partial charge on any atom is -0.684 e. The molecule has 1 aromatic rings. The highest BCUT2D eigenvalue weighted by atomic mass is 14.9. The summed E-state index contributed by atoms with van der Waals surface area (Å²) in [6.45, 7) is 6.27. The zero-order valence-electron chi connectivity index (χ0n) is 8.00. The normalized spacial score (nSPS) is 11.3. The van der Waals surface area contributed by atoms with Gasteiger partial charge in [-0.05, 0) is 0 Å². The Hall–Kier alpha value is -1.12. The maximum Gasteiger partial charge on any atom is 0.133 e. The van der Waals surface area contributed by atoms with Gasteiger partial charge in [-0.15, -0.1) is 12.7 Å². The lowest BCUT2D eigenvalue weighted by Gasteiger charge is -2.18. The average Bonchev–Trinajstić information content (AvgIpc) is 2.03. The third kappa shape index (κ3) is 1.94. The van der Waals surface area contributed by atoms with E-state index in [1.165, 1.54) is 0 Å². The van der Waals surface area contributed by atoms with Crippen molar-refractivity contribution in [2.45, 2.75) is 26.2 Å². The molecule has 1 heterocycles. The Balaban J connectivity index is 2.93. The number of hydrogen-bond acceptors (Lipinski definition) is 2. The van der Waals surface area contributed by atoms with Gasteiger partial charge in [-0.1, -0.05) is 20.8 Å². The van der Waals surface area contributed by atoms with Gasteiger partial charge < -0.3 is 5.32 Å². The van der Waals surface area contributed by atoms with E-state index in [0.717, 1.165) is 11.5 Å². The molecule has 0 aromatic carbocycles. The van der Waals surface area contributed by atoms with Crippen LogP contribution in [0.2, 0.25) is 0 Å². The van der Waals surface area contributed by atoms with Gasteiger partial charge in [-0.25, -0.2) is 9.97 Å². The molecular formula is C9H14N3-. The molecule has 0 saturated heterocycles. The molecule has 3 nitrogen and oxygen atoms in total. The fraction of sp³-hybridized carbons (Fsp3) is 0.556. The lowest BCUT2D eigenvalue weighted by molar-refractivity contribution is 0.545. The molecule has 0 saturated carbocycles. The molecule has 0 bridgehead atoms. The van der Waals surface area contributed by atoms with Crippen LogP contribution in [0, 0.1) is 0 Å². The lowest BCUT2D eigenvalue weighted by atomic mass is 9.96. The van der Waals surface area contributed by atoms with Crippen LogP contribution in [-0.4, -0.2) is 17.0 Å². The molecule has 66 valence electrons. The smallest absolute Gasteiger partial charge is 0.133 e. The van der Waals surface area contributed by atoms with Crippen molar-refractivity contribution in [2.75, 3.05) is 7.05 Å². The van der Waals surface area contributed by atoms with Crippen molar-refractivity contribution in [1.29, 1.82) is 0 Å². The summed E-state index contributed by atoms with van der Waals surface area (Å²) in [5.74, 6) is 0.856. The molecule has 0 fully saturated rings. The summed E-state index contributed by atoms with van der Waals surface area (Å²) in [6.07, 6.45) is 3.49. The minimum absolute atomic E-state index is 0.0201. The monoisotopic (exact) mass is 164 g/mol. The molecule has 1 aromatic heterocycles. The van der Waals surface area contributed by atoms with Gasteiger partial charge in [-0.2, -0.15) is 0 Å². The molecule has 0 aliphatic carbocycles. The van der Waals surface area contributed by atoms with E-state index in [4.69, 9.17) is 0 Å². The molecule has 0 unspecified atom stereocenters. The van der Waals surface area contributed by atoms with Crippen LogP contribution in [0.5, 0.6) is 0 Å². The van der Waals surface area contributed by atoms with Crippen molar-refractivity contribution in [3.05, 3.63) is 23.5 Å². The molecule has 0 spiro atoms. The van der Waals surface area contributed by atoms with Crippen molar-refractivity contribution in [3.63, 3.8) is 0 Å². The first-order chi connectivity index (χ1) is 5.54. The van der Waals surface area contributed by atoms with Crippen LogP contribution in [0.4, 0.5) is 5.69 Å². The van der Waals surface area contributed by atoms with E-state index in [2.05, 4.69) is 36.1 Å². The van der Waals surface area contributed by atoms with Gasteiger partial charge >= 0.3 is 0 Å². The van der Waals surface area contributed by atoms with Gasteiger partial charge in [0.15, 0.2) is 0 Å². The highest BCUT2D eigenvalue weighted by Crippen LogP contribution is 2.19. The van der Waals surface area contributed by atoms with E-state index in [9.17, 15) is 0 Å².